The van der Waals surface area contributed by atoms with Gasteiger partial charge < -0.3 is 5.11 Å². The van der Waals surface area contributed by atoms with E-state index in [-0.39, 0.29) is 0 Å². The minimum Gasteiger partial charge on any atom is -0.481 e. The van der Waals surface area contributed by atoms with E-state index in [0.29, 0.717) is 17.9 Å². The highest BCUT2D eigenvalue weighted by Crippen LogP contribution is 2.24. The highest BCUT2D eigenvalue weighted by atomic mass is 35.5. The summed E-state index contributed by atoms with van der Waals surface area (Å²) in [5, 5.41) is 9.89. The van der Waals surface area contributed by atoms with Gasteiger partial charge in [-0.25, -0.2) is 0 Å². The van der Waals surface area contributed by atoms with E-state index in [2.05, 4.69) is 4.98 Å². The minimum atomic E-state index is -0.835. The zero-order chi connectivity index (χ0) is 13.7. The van der Waals surface area contributed by atoms with E-state index in [1.165, 1.54) is 0 Å². The number of carboxylic acid groups (broad SMARTS) is 1. The normalized spacial score (nSPS) is 12.1. The quantitative estimate of drug-likeness (QED) is 0.908. The third kappa shape index (κ3) is 3.80. The molecule has 0 saturated carbocycles. The van der Waals surface area contributed by atoms with Crippen molar-refractivity contribution in [2.24, 2.45) is 0 Å². The standard InChI is InChI=1S/C15H14ClNO2/c16-12-5-3-4-11(10-12)14(15(18)19)8-7-13-6-1-2-9-17-13/h1-6,9-10,14H,7-8H2,(H,18,19). The van der Waals surface area contributed by atoms with Crippen molar-refractivity contribution in [1.29, 1.82) is 0 Å². The van der Waals surface area contributed by atoms with Crippen molar-refractivity contribution in [1.82, 2.24) is 4.98 Å². The predicted octanol–water partition coefficient (Wildman–Crippen LogP) is 3.54. The summed E-state index contributed by atoms with van der Waals surface area (Å²) in [6, 6.07) is 12.7. The molecule has 0 aliphatic heterocycles. The molecule has 98 valence electrons. The number of benzene rings is 1. The molecule has 0 amide bonds. The number of rotatable bonds is 5. The maximum absolute atomic E-state index is 11.4. The molecule has 1 unspecified atom stereocenters. The number of halogens is 1. The first-order valence-electron chi connectivity index (χ1n) is 6.05. The number of hydrogen-bond donors (Lipinski definition) is 1. The lowest BCUT2D eigenvalue weighted by molar-refractivity contribution is -0.138. The van der Waals surface area contributed by atoms with Crippen molar-refractivity contribution in [3.05, 3.63) is 64.9 Å². The van der Waals surface area contributed by atoms with Crippen LogP contribution in [0.2, 0.25) is 5.02 Å². The Morgan fingerprint density at radius 1 is 1.26 bits per heavy atom. The van der Waals surface area contributed by atoms with Gasteiger partial charge >= 0.3 is 5.97 Å². The monoisotopic (exact) mass is 275 g/mol. The SMILES string of the molecule is O=C(O)C(CCc1ccccn1)c1cccc(Cl)c1. The number of pyridine rings is 1. The van der Waals surface area contributed by atoms with Crippen molar-refractivity contribution in [2.75, 3.05) is 0 Å². The van der Waals surface area contributed by atoms with Crippen LogP contribution in [0.5, 0.6) is 0 Å². The molecule has 3 nitrogen and oxygen atoms in total. The molecule has 0 spiro atoms. The maximum atomic E-state index is 11.4. The molecular formula is C15H14ClNO2. The molecule has 4 heteroatoms. The van der Waals surface area contributed by atoms with E-state index in [0.717, 1.165) is 11.3 Å². The van der Waals surface area contributed by atoms with Gasteiger partial charge in [-0.1, -0.05) is 29.8 Å². The molecule has 0 saturated heterocycles. The van der Waals surface area contributed by atoms with E-state index in [1.807, 2.05) is 18.2 Å². The van der Waals surface area contributed by atoms with Crippen LogP contribution in [0.1, 0.15) is 23.6 Å². The van der Waals surface area contributed by atoms with Crippen LogP contribution in [0, 0.1) is 0 Å². The van der Waals surface area contributed by atoms with E-state index in [1.54, 1.807) is 30.5 Å². The van der Waals surface area contributed by atoms with Crippen molar-refractivity contribution in [3.63, 3.8) is 0 Å². The summed E-state index contributed by atoms with van der Waals surface area (Å²) >= 11 is 5.91. The summed E-state index contributed by atoms with van der Waals surface area (Å²) in [6.45, 7) is 0. The van der Waals surface area contributed by atoms with Gasteiger partial charge in [0.2, 0.25) is 0 Å². The molecule has 1 aromatic heterocycles. The van der Waals surface area contributed by atoms with Crippen molar-refractivity contribution in [2.45, 2.75) is 18.8 Å². The van der Waals surface area contributed by atoms with Gasteiger partial charge in [0.25, 0.3) is 0 Å². The maximum Gasteiger partial charge on any atom is 0.310 e. The summed E-state index contributed by atoms with van der Waals surface area (Å²) < 4.78 is 0. The number of carboxylic acids is 1. The van der Waals surface area contributed by atoms with Gasteiger partial charge in [-0.3, -0.25) is 9.78 Å². The number of aromatic nitrogens is 1. The highest BCUT2D eigenvalue weighted by molar-refractivity contribution is 6.30. The third-order valence-corrected chi connectivity index (χ3v) is 3.20. The Morgan fingerprint density at radius 3 is 2.74 bits per heavy atom. The Balaban J connectivity index is 2.11. The fourth-order valence-corrected chi connectivity index (χ4v) is 2.19. The molecule has 0 fully saturated rings. The Morgan fingerprint density at radius 2 is 2.11 bits per heavy atom. The van der Waals surface area contributed by atoms with E-state index >= 15 is 0 Å². The first-order valence-corrected chi connectivity index (χ1v) is 6.43. The molecule has 1 N–H and O–H groups in total. The summed E-state index contributed by atoms with van der Waals surface area (Å²) in [6.07, 6.45) is 2.85. The van der Waals surface area contributed by atoms with Gasteiger partial charge in [0.05, 0.1) is 5.92 Å². The predicted molar refractivity (Wildman–Crippen MR) is 74.4 cm³/mol. The number of hydrogen-bond acceptors (Lipinski definition) is 2. The topological polar surface area (TPSA) is 50.2 Å². The minimum absolute atomic E-state index is 0.507. The van der Waals surface area contributed by atoms with Crippen LogP contribution in [0.25, 0.3) is 0 Å². The number of carbonyl (C=O) groups is 1. The smallest absolute Gasteiger partial charge is 0.310 e. The van der Waals surface area contributed by atoms with E-state index < -0.39 is 11.9 Å². The second-order valence-corrected chi connectivity index (χ2v) is 4.74. The van der Waals surface area contributed by atoms with Gasteiger partial charge in [0, 0.05) is 16.9 Å². The van der Waals surface area contributed by atoms with Crippen molar-refractivity contribution >= 4 is 17.6 Å². The van der Waals surface area contributed by atoms with Crippen LogP contribution in [-0.4, -0.2) is 16.1 Å². The molecule has 2 aromatic rings. The molecule has 2 rings (SSSR count). The molecule has 1 aromatic carbocycles. The molecule has 19 heavy (non-hydrogen) atoms. The largest absolute Gasteiger partial charge is 0.481 e. The molecule has 0 aliphatic rings. The molecular weight excluding hydrogens is 262 g/mol. The summed E-state index contributed by atoms with van der Waals surface area (Å²) in [7, 11) is 0. The van der Waals surface area contributed by atoms with Crippen LogP contribution in [0.15, 0.2) is 48.7 Å². The molecule has 1 heterocycles. The van der Waals surface area contributed by atoms with Gasteiger partial charge in [-0.05, 0) is 42.7 Å². The first kappa shape index (κ1) is 13.6. The molecule has 0 bridgehead atoms. The summed E-state index contributed by atoms with van der Waals surface area (Å²) in [5.41, 5.74) is 1.63. The second-order valence-electron chi connectivity index (χ2n) is 4.31. The van der Waals surface area contributed by atoms with E-state index in [4.69, 9.17) is 11.6 Å². The fourth-order valence-electron chi connectivity index (χ4n) is 1.99. The zero-order valence-corrected chi connectivity index (χ0v) is 11.0. The third-order valence-electron chi connectivity index (χ3n) is 2.96. The van der Waals surface area contributed by atoms with Crippen molar-refractivity contribution < 1.29 is 9.90 Å². The first-order chi connectivity index (χ1) is 9.16. The highest BCUT2D eigenvalue weighted by Gasteiger charge is 2.19. The number of aryl methyl sites for hydroxylation is 1. The molecule has 0 radical (unpaired) electrons. The van der Waals surface area contributed by atoms with Crippen LogP contribution in [0.3, 0.4) is 0 Å². The van der Waals surface area contributed by atoms with Gasteiger partial charge in [-0.15, -0.1) is 0 Å². The summed E-state index contributed by atoms with van der Waals surface area (Å²) in [4.78, 5) is 15.6. The number of aliphatic carboxylic acids is 1. The fraction of sp³-hybridized carbons (Fsp3) is 0.200. The average Bonchev–Trinajstić information content (AvgIpc) is 2.40. The Labute approximate surface area is 116 Å². The van der Waals surface area contributed by atoms with Crippen molar-refractivity contribution in [3.8, 4) is 0 Å². The van der Waals surface area contributed by atoms with Crippen LogP contribution in [0.4, 0.5) is 0 Å². The Hall–Kier alpha value is -1.87. The molecule has 0 aliphatic carbocycles. The lowest BCUT2D eigenvalue weighted by atomic mass is 9.93. The zero-order valence-electron chi connectivity index (χ0n) is 10.3. The second kappa shape index (κ2) is 6.34. The van der Waals surface area contributed by atoms with Gasteiger partial charge in [0.15, 0.2) is 0 Å². The van der Waals surface area contributed by atoms with E-state index in [9.17, 15) is 9.90 Å². The van der Waals surface area contributed by atoms with Gasteiger partial charge in [0.1, 0.15) is 0 Å². The summed E-state index contributed by atoms with van der Waals surface area (Å²) in [5.74, 6) is -1.39. The van der Waals surface area contributed by atoms with Crippen LogP contribution >= 0.6 is 11.6 Å². The lowest BCUT2D eigenvalue weighted by Gasteiger charge is -2.12. The lowest BCUT2D eigenvalue weighted by Crippen LogP contribution is -2.13. The Kier molecular flexibility index (Phi) is 4.53. The van der Waals surface area contributed by atoms with Crippen LogP contribution in [-0.2, 0) is 11.2 Å². The number of nitrogens with zero attached hydrogens (tertiary/aromatic N) is 1. The average molecular weight is 276 g/mol. The Bertz CT molecular complexity index is 557. The van der Waals surface area contributed by atoms with Crippen LogP contribution < -0.4 is 0 Å². The van der Waals surface area contributed by atoms with Gasteiger partial charge in [-0.2, -0.15) is 0 Å². The molecule has 1 atom stereocenters.